The molecule has 4 heteroatoms. The van der Waals surface area contributed by atoms with Gasteiger partial charge in [-0.05, 0) is 18.6 Å². The molecule has 0 aliphatic carbocycles. The van der Waals surface area contributed by atoms with Gasteiger partial charge in [0, 0.05) is 24.5 Å². The summed E-state index contributed by atoms with van der Waals surface area (Å²) < 4.78 is 0. The fourth-order valence-corrected chi connectivity index (χ4v) is 1.82. The van der Waals surface area contributed by atoms with Crippen LogP contribution in [0.25, 0.3) is 0 Å². The lowest BCUT2D eigenvalue weighted by Gasteiger charge is -2.24. The van der Waals surface area contributed by atoms with E-state index in [-0.39, 0.29) is 12.3 Å². The Morgan fingerprint density at radius 3 is 2.78 bits per heavy atom. The maximum absolute atomic E-state index is 12.0. The van der Waals surface area contributed by atoms with E-state index in [2.05, 4.69) is 5.92 Å². The van der Waals surface area contributed by atoms with Crippen molar-refractivity contribution >= 4 is 17.5 Å². The van der Waals surface area contributed by atoms with Gasteiger partial charge in [0.2, 0.25) is 5.91 Å². The highest BCUT2D eigenvalue weighted by Crippen LogP contribution is 2.17. The standard InChI is InChI=1S/C14H17ClN2O/c1-3-7-13(16)14(18)17(4-2)10-11-8-5-6-9-12(11)15/h1,5-6,8-9,13H,4,7,10,16H2,2H3. The largest absolute Gasteiger partial charge is 0.337 e. The molecule has 18 heavy (non-hydrogen) atoms. The van der Waals surface area contributed by atoms with Crippen LogP contribution in [0.2, 0.25) is 5.02 Å². The van der Waals surface area contributed by atoms with Gasteiger partial charge in [0.1, 0.15) is 0 Å². The van der Waals surface area contributed by atoms with E-state index in [1.807, 2.05) is 25.1 Å². The second-order valence-corrected chi connectivity index (χ2v) is 4.37. The Kier molecular flexibility index (Phi) is 5.70. The van der Waals surface area contributed by atoms with E-state index in [1.54, 1.807) is 11.0 Å². The zero-order valence-corrected chi connectivity index (χ0v) is 11.2. The SMILES string of the molecule is C#CCC(N)C(=O)N(CC)Cc1ccccc1Cl. The maximum Gasteiger partial charge on any atom is 0.240 e. The van der Waals surface area contributed by atoms with Crippen molar-refractivity contribution in [3.8, 4) is 12.3 Å². The number of carbonyl (C=O) groups excluding carboxylic acids is 1. The summed E-state index contributed by atoms with van der Waals surface area (Å²) in [6.45, 7) is 2.92. The van der Waals surface area contributed by atoms with Gasteiger partial charge in [0.15, 0.2) is 0 Å². The fourth-order valence-electron chi connectivity index (χ4n) is 1.63. The molecule has 2 N–H and O–H groups in total. The fraction of sp³-hybridized carbons (Fsp3) is 0.357. The van der Waals surface area contributed by atoms with Crippen LogP contribution in [0, 0.1) is 12.3 Å². The molecule has 0 heterocycles. The smallest absolute Gasteiger partial charge is 0.240 e. The molecular formula is C14H17ClN2O. The van der Waals surface area contributed by atoms with Crippen molar-refractivity contribution in [3.63, 3.8) is 0 Å². The molecule has 0 radical (unpaired) electrons. The first-order chi connectivity index (χ1) is 8.60. The number of carbonyl (C=O) groups is 1. The second kappa shape index (κ2) is 7.05. The molecule has 1 rings (SSSR count). The Bertz CT molecular complexity index is 453. The van der Waals surface area contributed by atoms with Crippen LogP contribution in [-0.2, 0) is 11.3 Å². The van der Waals surface area contributed by atoms with Gasteiger partial charge in [-0.25, -0.2) is 0 Å². The van der Waals surface area contributed by atoms with Crippen molar-refractivity contribution in [2.24, 2.45) is 5.73 Å². The number of nitrogens with two attached hydrogens (primary N) is 1. The summed E-state index contributed by atoms with van der Waals surface area (Å²) in [5.41, 5.74) is 6.63. The number of hydrogen-bond acceptors (Lipinski definition) is 2. The van der Waals surface area contributed by atoms with Gasteiger partial charge in [-0.1, -0.05) is 29.8 Å². The third-order valence-electron chi connectivity index (χ3n) is 2.67. The molecule has 96 valence electrons. The zero-order chi connectivity index (χ0) is 13.5. The van der Waals surface area contributed by atoms with Gasteiger partial charge < -0.3 is 10.6 Å². The minimum Gasteiger partial charge on any atom is -0.337 e. The average Bonchev–Trinajstić information content (AvgIpc) is 2.37. The number of hydrogen-bond donors (Lipinski definition) is 1. The lowest BCUT2D eigenvalue weighted by molar-refractivity contribution is -0.132. The minimum absolute atomic E-state index is 0.143. The van der Waals surface area contributed by atoms with Gasteiger partial charge in [0.25, 0.3) is 0 Å². The first kappa shape index (κ1) is 14.6. The molecule has 0 aliphatic heterocycles. The van der Waals surface area contributed by atoms with Crippen molar-refractivity contribution in [2.45, 2.75) is 25.9 Å². The lowest BCUT2D eigenvalue weighted by Crippen LogP contribution is -2.43. The molecule has 1 atom stereocenters. The van der Waals surface area contributed by atoms with Crippen LogP contribution in [0.3, 0.4) is 0 Å². The number of terminal acetylenes is 1. The van der Waals surface area contributed by atoms with E-state index in [9.17, 15) is 4.79 Å². The predicted molar refractivity (Wildman–Crippen MR) is 74.0 cm³/mol. The molecule has 0 spiro atoms. The second-order valence-electron chi connectivity index (χ2n) is 3.96. The van der Waals surface area contributed by atoms with Crippen LogP contribution in [0.5, 0.6) is 0 Å². The Morgan fingerprint density at radius 2 is 2.22 bits per heavy atom. The molecule has 0 aliphatic rings. The van der Waals surface area contributed by atoms with Crippen molar-refractivity contribution in [2.75, 3.05) is 6.54 Å². The quantitative estimate of drug-likeness (QED) is 0.828. The summed E-state index contributed by atoms with van der Waals surface area (Å²) in [5, 5.41) is 0.647. The topological polar surface area (TPSA) is 46.3 Å². The van der Waals surface area contributed by atoms with Gasteiger partial charge in [-0.15, -0.1) is 12.3 Å². The Morgan fingerprint density at radius 1 is 1.56 bits per heavy atom. The highest BCUT2D eigenvalue weighted by molar-refractivity contribution is 6.31. The van der Waals surface area contributed by atoms with Crippen LogP contribution in [-0.4, -0.2) is 23.4 Å². The molecule has 0 saturated carbocycles. The molecule has 1 aromatic carbocycles. The van der Waals surface area contributed by atoms with Crippen LogP contribution in [0.1, 0.15) is 18.9 Å². The normalized spacial score (nSPS) is 11.7. The van der Waals surface area contributed by atoms with Crippen LogP contribution in [0.4, 0.5) is 0 Å². The molecule has 1 unspecified atom stereocenters. The Balaban J connectivity index is 2.77. The molecule has 1 amide bonds. The van der Waals surface area contributed by atoms with E-state index in [0.717, 1.165) is 5.56 Å². The van der Waals surface area contributed by atoms with Gasteiger partial charge in [0.05, 0.1) is 6.04 Å². The predicted octanol–water partition coefficient (Wildman–Crippen LogP) is 2.04. The highest BCUT2D eigenvalue weighted by Gasteiger charge is 2.19. The average molecular weight is 265 g/mol. The Hall–Kier alpha value is -1.50. The lowest BCUT2D eigenvalue weighted by atomic mass is 10.1. The molecule has 0 fully saturated rings. The third-order valence-corrected chi connectivity index (χ3v) is 3.04. The van der Waals surface area contributed by atoms with Crippen LogP contribution in [0.15, 0.2) is 24.3 Å². The third kappa shape index (κ3) is 3.76. The van der Waals surface area contributed by atoms with Crippen LogP contribution < -0.4 is 5.73 Å². The van der Waals surface area contributed by atoms with Crippen molar-refractivity contribution in [1.29, 1.82) is 0 Å². The van der Waals surface area contributed by atoms with Crippen molar-refractivity contribution < 1.29 is 4.79 Å². The minimum atomic E-state index is -0.641. The number of likely N-dealkylation sites (N-methyl/N-ethyl adjacent to an activating group) is 1. The van der Waals surface area contributed by atoms with Crippen molar-refractivity contribution in [1.82, 2.24) is 4.90 Å². The molecule has 0 bridgehead atoms. The summed E-state index contributed by atoms with van der Waals surface area (Å²) in [6.07, 6.45) is 5.41. The Labute approximate surface area is 113 Å². The van der Waals surface area contributed by atoms with Gasteiger partial charge in [-0.2, -0.15) is 0 Å². The van der Waals surface area contributed by atoms with Gasteiger partial charge in [-0.3, -0.25) is 4.79 Å². The summed E-state index contributed by atoms with van der Waals surface area (Å²) in [6, 6.07) is 6.80. The molecule has 3 nitrogen and oxygen atoms in total. The first-order valence-electron chi connectivity index (χ1n) is 5.81. The maximum atomic E-state index is 12.0. The number of rotatable bonds is 5. The molecule has 1 aromatic rings. The number of halogens is 1. The summed E-state index contributed by atoms with van der Waals surface area (Å²) in [4.78, 5) is 13.7. The number of nitrogens with zero attached hydrogens (tertiary/aromatic N) is 1. The first-order valence-corrected chi connectivity index (χ1v) is 6.19. The molecule has 0 saturated heterocycles. The zero-order valence-electron chi connectivity index (χ0n) is 10.4. The van der Waals surface area contributed by atoms with Crippen LogP contribution >= 0.6 is 11.6 Å². The summed E-state index contributed by atoms with van der Waals surface area (Å²) in [7, 11) is 0. The van der Waals surface area contributed by atoms with Crippen molar-refractivity contribution in [3.05, 3.63) is 34.9 Å². The summed E-state index contributed by atoms with van der Waals surface area (Å²) >= 11 is 6.07. The highest BCUT2D eigenvalue weighted by atomic mass is 35.5. The van der Waals surface area contributed by atoms with E-state index in [1.165, 1.54) is 0 Å². The summed E-state index contributed by atoms with van der Waals surface area (Å²) in [5.74, 6) is 2.26. The monoisotopic (exact) mass is 264 g/mol. The molecule has 0 aromatic heterocycles. The van der Waals surface area contributed by atoms with E-state index >= 15 is 0 Å². The van der Waals surface area contributed by atoms with E-state index in [4.69, 9.17) is 23.8 Å². The van der Waals surface area contributed by atoms with Gasteiger partial charge >= 0.3 is 0 Å². The van der Waals surface area contributed by atoms with E-state index in [0.29, 0.717) is 18.1 Å². The molecular weight excluding hydrogens is 248 g/mol. The number of amides is 1. The number of benzene rings is 1. The van der Waals surface area contributed by atoms with E-state index < -0.39 is 6.04 Å².